The Balaban J connectivity index is 1.98. The van der Waals surface area contributed by atoms with Crippen molar-refractivity contribution in [1.29, 1.82) is 0 Å². The molecule has 2 N–H and O–H groups in total. The molecule has 3 atom stereocenters. The normalized spacial score (nSPS) is 37.2. The van der Waals surface area contributed by atoms with E-state index in [0.717, 1.165) is 32.5 Å². The fourth-order valence-electron chi connectivity index (χ4n) is 3.14. The molecular weight excluding hydrogens is 216 g/mol. The molecule has 2 heterocycles. The Morgan fingerprint density at radius 3 is 2.94 bits per heavy atom. The maximum absolute atomic E-state index is 5.95. The van der Waals surface area contributed by atoms with Gasteiger partial charge in [-0.25, -0.2) is 0 Å². The summed E-state index contributed by atoms with van der Waals surface area (Å²) in [5.41, 5.74) is 5.94. The van der Waals surface area contributed by atoms with E-state index in [1.807, 2.05) is 7.11 Å². The second-order valence-electron chi connectivity index (χ2n) is 5.58. The lowest BCUT2D eigenvalue weighted by molar-refractivity contribution is -0.0772. The van der Waals surface area contributed by atoms with Crippen LogP contribution in [0.2, 0.25) is 0 Å². The Hall–Kier alpha value is -0.160. The van der Waals surface area contributed by atoms with Crippen LogP contribution in [0.25, 0.3) is 0 Å². The largest absolute Gasteiger partial charge is 0.377 e. The van der Waals surface area contributed by atoms with E-state index in [-0.39, 0.29) is 5.60 Å². The zero-order valence-corrected chi connectivity index (χ0v) is 11.2. The summed E-state index contributed by atoms with van der Waals surface area (Å²) in [6.07, 6.45) is 4.99. The van der Waals surface area contributed by atoms with Crippen LogP contribution in [0, 0.1) is 0 Å². The van der Waals surface area contributed by atoms with Gasteiger partial charge in [-0.15, -0.1) is 0 Å². The van der Waals surface area contributed by atoms with Gasteiger partial charge in [0.25, 0.3) is 0 Å². The van der Waals surface area contributed by atoms with Crippen LogP contribution < -0.4 is 5.73 Å². The number of piperidine rings is 1. The molecule has 0 amide bonds. The molecule has 2 aliphatic rings. The Bertz CT molecular complexity index is 244. The molecule has 100 valence electrons. The van der Waals surface area contributed by atoms with Crippen molar-refractivity contribution < 1.29 is 9.47 Å². The Morgan fingerprint density at radius 2 is 2.35 bits per heavy atom. The summed E-state index contributed by atoms with van der Waals surface area (Å²) >= 11 is 0. The molecule has 0 radical (unpaired) electrons. The molecule has 3 unspecified atom stereocenters. The Morgan fingerprint density at radius 1 is 1.53 bits per heavy atom. The first-order chi connectivity index (χ1) is 8.18. The summed E-state index contributed by atoms with van der Waals surface area (Å²) in [5, 5.41) is 0. The van der Waals surface area contributed by atoms with Crippen LogP contribution in [0.5, 0.6) is 0 Å². The van der Waals surface area contributed by atoms with Gasteiger partial charge in [-0.3, -0.25) is 4.90 Å². The highest BCUT2D eigenvalue weighted by atomic mass is 16.5. The number of likely N-dealkylation sites (tertiary alicyclic amines) is 1. The van der Waals surface area contributed by atoms with Gasteiger partial charge in [-0.05, 0) is 39.2 Å². The van der Waals surface area contributed by atoms with Crippen molar-refractivity contribution in [2.75, 3.05) is 33.4 Å². The molecular formula is C13H26N2O2. The zero-order chi connectivity index (χ0) is 12.3. The SMILES string of the molecule is COC1(C)CCCN(C(CN)C2CCCO2)C1. The lowest BCUT2D eigenvalue weighted by atomic mass is 9.92. The number of ether oxygens (including phenoxy) is 2. The van der Waals surface area contributed by atoms with E-state index in [1.54, 1.807) is 0 Å². The van der Waals surface area contributed by atoms with Crippen LogP contribution in [0.1, 0.15) is 32.6 Å². The lowest BCUT2D eigenvalue weighted by Crippen LogP contribution is -2.56. The standard InChI is InChI=1S/C13H26N2O2/c1-13(16-2)6-4-7-15(10-13)11(9-14)12-5-3-8-17-12/h11-12H,3-10,14H2,1-2H3. The third kappa shape index (κ3) is 2.99. The molecule has 0 aliphatic carbocycles. The minimum absolute atomic E-state index is 0.00965. The van der Waals surface area contributed by atoms with Gasteiger partial charge in [-0.1, -0.05) is 0 Å². The summed E-state index contributed by atoms with van der Waals surface area (Å²) < 4.78 is 11.4. The second-order valence-corrected chi connectivity index (χ2v) is 5.58. The molecule has 2 aliphatic heterocycles. The van der Waals surface area contributed by atoms with Crippen LogP contribution in [0.15, 0.2) is 0 Å². The Labute approximate surface area is 104 Å². The van der Waals surface area contributed by atoms with Gasteiger partial charge < -0.3 is 15.2 Å². The van der Waals surface area contributed by atoms with Crippen LogP contribution in [-0.2, 0) is 9.47 Å². The molecule has 0 bridgehead atoms. The minimum atomic E-state index is -0.00965. The van der Waals surface area contributed by atoms with Gasteiger partial charge in [-0.2, -0.15) is 0 Å². The molecule has 0 saturated carbocycles. The monoisotopic (exact) mass is 242 g/mol. The smallest absolute Gasteiger partial charge is 0.0777 e. The lowest BCUT2D eigenvalue weighted by Gasteiger charge is -2.44. The quantitative estimate of drug-likeness (QED) is 0.799. The fourth-order valence-corrected chi connectivity index (χ4v) is 3.14. The molecule has 2 fully saturated rings. The number of hydrogen-bond acceptors (Lipinski definition) is 4. The number of hydrogen-bond donors (Lipinski definition) is 1. The molecule has 17 heavy (non-hydrogen) atoms. The summed E-state index contributed by atoms with van der Waals surface area (Å²) in [7, 11) is 1.81. The summed E-state index contributed by atoms with van der Waals surface area (Å²) in [6, 6.07) is 0.368. The average Bonchev–Trinajstić information content (AvgIpc) is 2.84. The third-order valence-corrected chi connectivity index (χ3v) is 4.29. The maximum atomic E-state index is 5.95. The van der Waals surface area contributed by atoms with Crippen molar-refractivity contribution >= 4 is 0 Å². The molecule has 2 rings (SSSR count). The van der Waals surface area contributed by atoms with Gasteiger partial charge >= 0.3 is 0 Å². The van der Waals surface area contributed by atoms with Crippen LogP contribution in [0.3, 0.4) is 0 Å². The zero-order valence-electron chi connectivity index (χ0n) is 11.2. The predicted octanol–water partition coefficient (Wildman–Crippen LogP) is 0.994. The van der Waals surface area contributed by atoms with Crippen molar-refractivity contribution in [3.63, 3.8) is 0 Å². The first-order valence-electron chi connectivity index (χ1n) is 6.79. The van der Waals surface area contributed by atoms with Gasteiger partial charge in [0.1, 0.15) is 0 Å². The van der Waals surface area contributed by atoms with E-state index in [2.05, 4.69) is 11.8 Å². The van der Waals surface area contributed by atoms with E-state index >= 15 is 0 Å². The van der Waals surface area contributed by atoms with E-state index < -0.39 is 0 Å². The van der Waals surface area contributed by atoms with Gasteiger partial charge in [0, 0.05) is 32.8 Å². The molecule has 0 spiro atoms. The van der Waals surface area contributed by atoms with Crippen LogP contribution in [0.4, 0.5) is 0 Å². The first-order valence-corrected chi connectivity index (χ1v) is 6.79. The number of methoxy groups -OCH3 is 1. The summed E-state index contributed by atoms with van der Waals surface area (Å²) in [4.78, 5) is 2.48. The number of nitrogens with zero attached hydrogens (tertiary/aromatic N) is 1. The topological polar surface area (TPSA) is 47.7 Å². The van der Waals surface area contributed by atoms with E-state index in [0.29, 0.717) is 18.7 Å². The van der Waals surface area contributed by atoms with Crippen molar-refractivity contribution in [1.82, 2.24) is 4.90 Å². The Kier molecular flexibility index (Phi) is 4.42. The highest BCUT2D eigenvalue weighted by Gasteiger charge is 2.37. The van der Waals surface area contributed by atoms with Crippen molar-refractivity contribution in [3.8, 4) is 0 Å². The second kappa shape index (κ2) is 5.65. The summed E-state index contributed by atoms with van der Waals surface area (Å²) in [5.74, 6) is 0. The molecule has 2 saturated heterocycles. The van der Waals surface area contributed by atoms with Crippen molar-refractivity contribution in [3.05, 3.63) is 0 Å². The highest BCUT2D eigenvalue weighted by molar-refractivity contribution is 4.91. The first kappa shape index (κ1) is 13.3. The fraction of sp³-hybridized carbons (Fsp3) is 1.00. The molecule has 0 aromatic carbocycles. The third-order valence-electron chi connectivity index (χ3n) is 4.29. The maximum Gasteiger partial charge on any atom is 0.0777 e. The molecule has 0 aromatic rings. The molecule has 4 nitrogen and oxygen atoms in total. The van der Waals surface area contributed by atoms with Crippen molar-refractivity contribution in [2.24, 2.45) is 5.73 Å². The van der Waals surface area contributed by atoms with E-state index in [9.17, 15) is 0 Å². The predicted molar refractivity (Wildman–Crippen MR) is 68.0 cm³/mol. The van der Waals surface area contributed by atoms with Crippen LogP contribution >= 0.6 is 0 Å². The highest BCUT2D eigenvalue weighted by Crippen LogP contribution is 2.28. The van der Waals surface area contributed by atoms with E-state index in [1.165, 1.54) is 12.8 Å². The average molecular weight is 242 g/mol. The summed E-state index contributed by atoms with van der Waals surface area (Å²) in [6.45, 7) is 5.88. The molecule has 4 heteroatoms. The van der Waals surface area contributed by atoms with Gasteiger partial charge in [0.05, 0.1) is 11.7 Å². The number of nitrogens with two attached hydrogens (primary N) is 1. The molecule has 0 aromatic heterocycles. The van der Waals surface area contributed by atoms with Gasteiger partial charge in [0.15, 0.2) is 0 Å². The van der Waals surface area contributed by atoms with Crippen LogP contribution in [-0.4, -0.2) is 56.0 Å². The minimum Gasteiger partial charge on any atom is -0.377 e. The van der Waals surface area contributed by atoms with Gasteiger partial charge in [0.2, 0.25) is 0 Å². The van der Waals surface area contributed by atoms with Crippen molar-refractivity contribution in [2.45, 2.75) is 50.4 Å². The number of rotatable bonds is 4. The van der Waals surface area contributed by atoms with E-state index in [4.69, 9.17) is 15.2 Å².